The van der Waals surface area contributed by atoms with Crippen molar-refractivity contribution in [2.45, 2.75) is 4.96 Å². The SMILES string of the molecule is COC(=O)NC(Cl)Cl. The number of alkyl halides is 2. The number of halogens is 2. The number of hydrogen-bond donors (Lipinski definition) is 1. The normalized spacial score (nSPS) is 9.00. The van der Waals surface area contributed by atoms with Gasteiger partial charge >= 0.3 is 6.09 Å². The Hall–Kier alpha value is -0.150. The number of rotatable bonds is 1. The van der Waals surface area contributed by atoms with Gasteiger partial charge in [-0.05, 0) is 0 Å². The molecule has 0 spiro atoms. The topological polar surface area (TPSA) is 38.3 Å². The minimum Gasteiger partial charge on any atom is -0.453 e. The van der Waals surface area contributed by atoms with Crippen LogP contribution in [0.5, 0.6) is 0 Å². The van der Waals surface area contributed by atoms with E-state index in [-0.39, 0.29) is 0 Å². The van der Waals surface area contributed by atoms with Crippen molar-refractivity contribution in [1.29, 1.82) is 0 Å². The molecular formula is C3H5Cl2NO2. The molecule has 1 N–H and O–H groups in total. The zero-order chi connectivity index (χ0) is 6.57. The molecule has 0 aliphatic rings. The first-order valence-electron chi connectivity index (χ1n) is 1.79. The van der Waals surface area contributed by atoms with E-state index in [1.54, 1.807) is 0 Å². The quantitative estimate of drug-likeness (QED) is 0.458. The summed E-state index contributed by atoms with van der Waals surface area (Å²) in [5, 5.41) is 2.06. The van der Waals surface area contributed by atoms with E-state index >= 15 is 0 Å². The average Bonchev–Trinajstić information content (AvgIpc) is 1.65. The van der Waals surface area contributed by atoms with Gasteiger partial charge in [-0.2, -0.15) is 0 Å². The van der Waals surface area contributed by atoms with Crippen molar-refractivity contribution in [2.24, 2.45) is 0 Å². The van der Waals surface area contributed by atoms with Crippen LogP contribution in [-0.2, 0) is 4.74 Å². The Labute approximate surface area is 56.9 Å². The maximum absolute atomic E-state index is 10.1. The maximum Gasteiger partial charge on any atom is 0.408 e. The van der Waals surface area contributed by atoms with Crippen LogP contribution in [0.2, 0.25) is 0 Å². The first-order chi connectivity index (χ1) is 3.66. The predicted molar refractivity (Wildman–Crippen MR) is 31.0 cm³/mol. The summed E-state index contributed by atoms with van der Waals surface area (Å²) in [4.78, 5) is 9.22. The summed E-state index contributed by atoms with van der Waals surface area (Å²) in [7, 11) is 1.23. The molecule has 0 aromatic heterocycles. The lowest BCUT2D eigenvalue weighted by Gasteiger charge is -2.00. The van der Waals surface area contributed by atoms with E-state index in [0.29, 0.717) is 0 Å². The van der Waals surface area contributed by atoms with Gasteiger partial charge in [-0.25, -0.2) is 4.79 Å². The van der Waals surface area contributed by atoms with E-state index in [2.05, 4.69) is 10.1 Å². The van der Waals surface area contributed by atoms with Crippen LogP contribution in [-0.4, -0.2) is 18.2 Å². The third-order valence-electron chi connectivity index (χ3n) is 0.412. The highest BCUT2D eigenvalue weighted by Gasteiger charge is 2.01. The Morgan fingerprint density at radius 1 is 1.75 bits per heavy atom. The number of methoxy groups -OCH3 is 1. The molecule has 5 heteroatoms. The second kappa shape index (κ2) is 3.80. The molecule has 3 nitrogen and oxygen atoms in total. The van der Waals surface area contributed by atoms with Gasteiger partial charge in [-0.15, -0.1) is 0 Å². The lowest BCUT2D eigenvalue weighted by Crippen LogP contribution is -2.26. The molecule has 0 saturated heterocycles. The van der Waals surface area contributed by atoms with Crippen LogP contribution in [0.25, 0.3) is 0 Å². The molecule has 0 aromatic rings. The van der Waals surface area contributed by atoms with Crippen LogP contribution in [0.1, 0.15) is 0 Å². The Bertz CT molecular complexity index is 85.4. The van der Waals surface area contributed by atoms with Crippen molar-refractivity contribution in [2.75, 3.05) is 7.11 Å². The Morgan fingerprint density at radius 3 is 2.38 bits per heavy atom. The third-order valence-corrected chi connectivity index (χ3v) is 0.631. The summed E-state index contributed by atoms with van der Waals surface area (Å²) in [5.41, 5.74) is 0. The van der Waals surface area contributed by atoms with E-state index in [0.717, 1.165) is 0 Å². The minimum absolute atomic E-state index is 0.639. The number of alkyl carbamates (subject to hydrolysis) is 1. The number of ether oxygens (including phenoxy) is 1. The zero-order valence-electron chi connectivity index (χ0n) is 4.15. The zero-order valence-corrected chi connectivity index (χ0v) is 5.66. The van der Waals surface area contributed by atoms with Crippen LogP contribution in [0.15, 0.2) is 0 Å². The fourth-order valence-corrected chi connectivity index (χ4v) is 0.326. The first kappa shape index (κ1) is 7.85. The molecule has 0 aromatic carbocycles. The summed E-state index contributed by atoms with van der Waals surface area (Å²) in [6.45, 7) is 0. The minimum atomic E-state index is -0.901. The fraction of sp³-hybridized carbons (Fsp3) is 0.667. The largest absolute Gasteiger partial charge is 0.453 e. The molecule has 1 amide bonds. The van der Waals surface area contributed by atoms with E-state index in [1.807, 2.05) is 0 Å². The van der Waals surface area contributed by atoms with Crippen LogP contribution < -0.4 is 5.32 Å². The van der Waals surface area contributed by atoms with Crippen LogP contribution >= 0.6 is 23.2 Å². The Balaban J connectivity index is 3.25. The van der Waals surface area contributed by atoms with E-state index in [1.165, 1.54) is 7.11 Å². The van der Waals surface area contributed by atoms with Gasteiger partial charge in [0, 0.05) is 0 Å². The highest BCUT2D eigenvalue weighted by Crippen LogP contribution is 1.94. The second-order valence-corrected chi connectivity index (χ2v) is 2.03. The van der Waals surface area contributed by atoms with Crippen molar-refractivity contribution in [1.82, 2.24) is 5.32 Å². The molecular weight excluding hydrogens is 153 g/mol. The summed E-state index contributed by atoms with van der Waals surface area (Å²) in [6.07, 6.45) is -0.639. The molecule has 0 aliphatic carbocycles. The van der Waals surface area contributed by atoms with Crippen LogP contribution in [0, 0.1) is 0 Å². The molecule has 0 aliphatic heterocycles. The number of carbonyl (C=O) groups excluding carboxylic acids is 1. The van der Waals surface area contributed by atoms with Crippen molar-refractivity contribution < 1.29 is 9.53 Å². The maximum atomic E-state index is 10.1. The van der Waals surface area contributed by atoms with E-state index < -0.39 is 11.1 Å². The third kappa shape index (κ3) is 4.02. The van der Waals surface area contributed by atoms with Gasteiger partial charge in [0.25, 0.3) is 0 Å². The lowest BCUT2D eigenvalue weighted by atomic mass is 11.1. The summed E-state index contributed by atoms with van der Waals surface area (Å²) >= 11 is 10.2. The number of amides is 1. The average molecular weight is 158 g/mol. The molecule has 0 radical (unpaired) electrons. The van der Waals surface area contributed by atoms with Gasteiger partial charge in [-0.1, -0.05) is 23.2 Å². The van der Waals surface area contributed by atoms with Crippen molar-refractivity contribution in [3.63, 3.8) is 0 Å². The molecule has 0 saturated carbocycles. The molecule has 8 heavy (non-hydrogen) atoms. The molecule has 0 bridgehead atoms. The number of nitrogens with one attached hydrogen (secondary N) is 1. The van der Waals surface area contributed by atoms with Gasteiger partial charge in [0.1, 0.15) is 0 Å². The molecule has 0 rings (SSSR count). The van der Waals surface area contributed by atoms with Crippen LogP contribution in [0.3, 0.4) is 0 Å². The van der Waals surface area contributed by atoms with Gasteiger partial charge < -0.3 is 4.74 Å². The second-order valence-electron chi connectivity index (χ2n) is 0.937. The summed E-state index contributed by atoms with van der Waals surface area (Å²) < 4.78 is 4.14. The van der Waals surface area contributed by atoms with Gasteiger partial charge in [0.15, 0.2) is 4.96 Å². The molecule has 0 fully saturated rings. The predicted octanol–water partition coefficient (Wildman–Crippen LogP) is 1.10. The molecule has 48 valence electrons. The molecule has 0 atom stereocenters. The number of hydrogen-bond acceptors (Lipinski definition) is 2. The molecule has 0 unspecified atom stereocenters. The fourth-order valence-electron chi connectivity index (χ4n) is 0.148. The van der Waals surface area contributed by atoms with E-state index in [4.69, 9.17) is 23.2 Å². The standard InChI is InChI=1S/C3H5Cl2NO2/c1-8-3(7)6-2(4)5/h2H,1H3,(H,6,7). The van der Waals surface area contributed by atoms with Crippen molar-refractivity contribution in [3.8, 4) is 0 Å². The number of carbonyl (C=O) groups is 1. The monoisotopic (exact) mass is 157 g/mol. The first-order valence-corrected chi connectivity index (χ1v) is 2.66. The smallest absolute Gasteiger partial charge is 0.408 e. The van der Waals surface area contributed by atoms with Crippen molar-refractivity contribution >= 4 is 29.3 Å². The van der Waals surface area contributed by atoms with E-state index in [9.17, 15) is 4.79 Å². The summed E-state index contributed by atoms with van der Waals surface area (Å²) in [6, 6.07) is 0. The van der Waals surface area contributed by atoms with Gasteiger partial charge in [0.05, 0.1) is 7.11 Å². The van der Waals surface area contributed by atoms with Crippen LogP contribution in [0.4, 0.5) is 4.79 Å². The Morgan fingerprint density at radius 2 is 2.25 bits per heavy atom. The molecule has 0 heterocycles. The summed E-state index contributed by atoms with van der Waals surface area (Å²) in [5.74, 6) is 0. The highest BCUT2D eigenvalue weighted by atomic mass is 35.5. The highest BCUT2D eigenvalue weighted by molar-refractivity contribution is 6.44. The van der Waals surface area contributed by atoms with Gasteiger partial charge in [-0.3, -0.25) is 5.32 Å². The lowest BCUT2D eigenvalue weighted by molar-refractivity contribution is 0.172. The van der Waals surface area contributed by atoms with Gasteiger partial charge in [0.2, 0.25) is 0 Å². The van der Waals surface area contributed by atoms with Crippen molar-refractivity contribution in [3.05, 3.63) is 0 Å². The Kier molecular flexibility index (Phi) is 3.73.